The van der Waals surface area contributed by atoms with E-state index in [9.17, 15) is 4.39 Å². The minimum atomic E-state index is -0.204. The normalized spacial score (nSPS) is 11.1. The van der Waals surface area contributed by atoms with Crippen molar-refractivity contribution in [1.29, 1.82) is 0 Å². The molecule has 2 aromatic heterocycles. The summed E-state index contributed by atoms with van der Waals surface area (Å²) in [6.07, 6.45) is 3.76. The second-order valence-corrected chi connectivity index (χ2v) is 5.92. The summed E-state index contributed by atoms with van der Waals surface area (Å²) in [5, 5.41) is 0.623. The first-order chi connectivity index (χ1) is 11.7. The topological polar surface area (TPSA) is 29.9 Å². The minimum absolute atomic E-state index is 0.204. The highest BCUT2D eigenvalue weighted by Crippen LogP contribution is 2.25. The minimum Gasteiger partial charge on any atom is -0.436 e. The van der Waals surface area contributed by atoms with Gasteiger partial charge in [-0.3, -0.25) is 0 Å². The Morgan fingerprint density at radius 2 is 1.83 bits per heavy atom. The summed E-state index contributed by atoms with van der Waals surface area (Å²) in [6, 6.07) is 15.9. The average molecular weight is 340 g/mol. The molecule has 0 spiro atoms. The van der Waals surface area contributed by atoms with Gasteiger partial charge in [0.1, 0.15) is 11.3 Å². The predicted octanol–water partition coefficient (Wildman–Crippen LogP) is 4.62. The van der Waals surface area contributed by atoms with Crippen molar-refractivity contribution >= 4 is 22.7 Å². The summed E-state index contributed by atoms with van der Waals surface area (Å²) in [5.74, 6) is 0.329. The molecule has 2 heterocycles. The zero-order valence-electron chi connectivity index (χ0n) is 12.6. The van der Waals surface area contributed by atoms with Crippen molar-refractivity contribution in [3.63, 3.8) is 0 Å². The Morgan fingerprint density at radius 3 is 2.62 bits per heavy atom. The summed E-state index contributed by atoms with van der Waals surface area (Å²) in [6.45, 7) is 0.468. The molecule has 0 bridgehead atoms. The molecule has 0 amide bonds. The van der Waals surface area contributed by atoms with Gasteiger partial charge in [0.2, 0.25) is 5.89 Å². The molecule has 24 heavy (non-hydrogen) atoms. The third kappa shape index (κ3) is 2.88. The lowest BCUT2D eigenvalue weighted by atomic mass is 10.2. The van der Waals surface area contributed by atoms with Crippen LogP contribution in [0, 0.1) is 5.82 Å². The van der Waals surface area contributed by atoms with Crippen molar-refractivity contribution in [1.82, 2.24) is 4.98 Å². The van der Waals surface area contributed by atoms with E-state index in [-0.39, 0.29) is 5.82 Å². The fourth-order valence-corrected chi connectivity index (χ4v) is 2.72. The second-order valence-electron chi connectivity index (χ2n) is 5.48. The van der Waals surface area contributed by atoms with E-state index < -0.39 is 0 Å². The molecule has 0 aliphatic rings. The second kappa shape index (κ2) is 6.06. The van der Waals surface area contributed by atoms with Gasteiger partial charge in [0.15, 0.2) is 24.5 Å². The predicted molar refractivity (Wildman–Crippen MR) is 90.2 cm³/mol. The van der Waals surface area contributed by atoms with Gasteiger partial charge in [0.05, 0.1) is 5.56 Å². The monoisotopic (exact) mass is 339 g/mol. The van der Waals surface area contributed by atoms with E-state index >= 15 is 0 Å². The Balaban J connectivity index is 1.62. The SMILES string of the molecule is Fc1ccccc1C[n+]1ccc(-c2nc3cc(Cl)ccc3o2)cc1. The van der Waals surface area contributed by atoms with E-state index in [1.54, 1.807) is 30.3 Å². The lowest BCUT2D eigenvalue weighted by Gasteiger charge is -2.00. The number of nitrogens with zero attached hydrogens (tertiary/aromatic N) is 2. The smallest absolute Gasteiger partial charge is 0.227 e. The van der Waals surface area contributed by atoms with Crippen LogP contribution in [0.2, 0.25) is 5.02 Å². The molecule has 0 fully saturated rings. The molecule has 0 N–H and O–H groups in total. The van der Waals surface area contributed by atoms with E-state index in [2.05, 4.69) is 4.98 Å². The van der Waals surface area contributed by atoms with Crippen LogP contribution in [0.15, 0.2) is 71.4 Å². The van der Waals surface area contributed by atoms with Crippen molar-refractivity contribution in [3.05, 3.63) is 83.4 Å². The molecule has 0 aliphatic heterocycles. The molecule has 5 heteroatoms. The van der Waals surface area contributed by atoms with Gasteiger partial charge in [0.25, 0.3) is 0 Å². The molecule has 4 aromatic rings. The Labute approximate surface area is 143 Å². The van der Waals surface area contributed by atoms with E-state index in [4.69, 9.17) is 16.0 Å². The summed E-state index contributed by atoms with van der Waals surface area (Å²) < 4.78 is 21.4. The number of benzene rings is 2. The molecule has 0 saturated carbocycles. The first-order valence-electron chi connectivity index (χ1n) is 7.48. The van der Waals surface area contributed by atoms with Gasteiger partial charge in [-0.05, 0) is 30.3 Å². The molecule has 4 rings (SSSR count). The molecule has 2 aromatic carbocycles. The molecule has 0 unspecified atom stereocenters. The Bertz CT molecular complexity index is 1010. The van der Waals surface area contributed by atoms with Crippen molar-refractivity contribution in [2.24, 2.45) is 0 Å². The number of aromatic nitrogens is 2. The zero-order valence-corrected chi connectivity index (χ0v) is 13.4. The molecule has 0 radical (unpaired) electrons. The molecular formula is C19H13ClFN2O+. The van der Waals surface area contributed by atoms with Gasteiger partial charge in [-0.1, -0.05) is 23.7 Å². The first-order valence-corrected chi connectivity index (χ1v) is 7.86. The third-order valence-electron chi connectivity index (χ3n) is 3.80. The van der Waals surface area contributed by atoms with E-state index in [1.807, 2.05) is 35.2 Å². The van der Waals surface area contributed by atoms with Crippen LogP contribution in [-0.4, -0.2) is 4.98 Å². The fraction of sp³-hybridized carbons (Fsp3) is 0.0526. The Hall–Kier alpha value is -2.72. The van der Waals surface area contributed by atoms with Gasteiger partial charge in [-0.25, -0.2) is 13.9 Å². The number of rotatable bonds is 3. The van der Waals surface area contributed by atoms with Crippen LogP contribution in [-0.2, 0) is 6.54 Å². The van der Waals surface area contributed by atoms with E-state index in [0.29, 0.717) is 28.6 Å². The maximum Gasteiger partial charge on any atom is 0.227 e. The van der Waals surface area contributed by atoms with Crippen LogP contribution in [0.25, 0.3) is 22.6 Å². The number of hydrogen-bond donors (Lipinski definition) is 0. The highest BCUT2D eigenvalue weighted by molar-refractivity contribution is 6.31. The van der Waals surface area contributed by atoms with Crippen LogP contribution in [0.5, 0.6) is 0 Å². The van der Waals surface area contributed by atoms with Crippen LogP contribution in [0.4, 0.5) is 4.39 Å². The Morgan fingerprint density at radius 1 is 1.04 bits per heavy atom. The number of fused-ring (bicyclic) bond motifs is 1. The largest absolute Gasteiger partial charge is 0.436 e. The van der Waals surface area contributed by atoms with Crippen LogP contribution in [0.1, 0.15) is 5.56 Å². The molecule has 118 valence electrons. The zero-order chi connectivity index (χ0) is 16.5. The summed E-state index contributed by atoms with van der Waals surface area (Å²) >= 11 is 5.97. The summed E-state index contributed by atoms with van der Waals surface area (Å²) in [7, 11) is 0. The highest BCUT2D eigenvalue weighted by atomic mass is 35.5. The van der Waals surface area contributed by atoms with Crippen LogP contribution < -0.4 is 4.57 Å². The van der Waals surface area contributed by atoms with E-state index in [1.165, 1.54) is 6.07 Å². The number of hydrogen-bond acceptors (Lipinski definition) is 2. The molecular weight excluding hydrogens is 327 g/mol. The third-order valence-corrected chi connectivity index (χ3v) is 4.03. The van der Waals surface area contributed by atoms with Crippen LogP contribution >= 0.6 is 11.6 Å². The van der Waals surface area contributed by atoms with E-state index in [0.717, 1.165) is 11.1 Å². The van der Waals surface area contributed by atoms with Crippen molar-refractivity contribution in [2.75, 3.05) is 0 Å². The van der Waals surface area contributed by atoms with Crippen molar-refractivity contribution in [2.45, 2.75) is 6.54 Å². The summed E-state index contributed by atoms with van der Waals surface area (Å²) in [5.41, 5.74) is 2.91. The molecule has 0 atom stereocenters. The lowest BCUT2D eigenvalue weighted by molar-refractivity contribution is -0.688. The van der Waals surface area contributed by atoms with Gasteiger partial charge < -0.3 is 4.42 Å². The van der Waals surface area contributed by atoms with Crippen LogP contribution in [0.3, 0.4) is 0 Å². The Kier molecular flexibility index (Phi) is 3.75. The maximum absolute atomic E-state index is 13.7. The molecule has 3 nitrogen and oxygen atoms in total. The van der Waals surface area contributed by atoms with Gasteiger partial charge in [-0.2, -0.15) is 0 Å². The van der Waals surface area contributed by atoms with Gasteiger partial charge >= 0.3 is 0 Å². The standard InChI is InChI=1S/C19H13ClFN2O/c20-15-5-6-18-17(11-15)22-19(24-18)13-7-9-23(10-8-13)12-14-3-1-2-4-16(14)21/h1-11H,12H2/q+1. The lowest BCUT2D eigenvalue weighted by Crippen LogP contribution is -2.33. The quantitative estimate of drug-likeness (QED) is 0.510. The van der Waals surface area contributed by atoms with Gasteiger partial charge in [0, 0.05) is 22.7 Å². The van der Waals surface area contributed by atoms with Crippen molar-refractivity contribution in [3.8, 4) is 11.5 Å². The first kappa shape index (κ1) is 14.8. The van der Waals surface area contributed by atoms with Crippen molar-refractivity contribution < 1.29 is 13.4 Å². The summed E-state index contributed by atoms with van der Waals surface area (Å²) in [4.78, 5) is 4.45. The maximum atomic E-state index is 13.7. The number of oxazole rings is 1. The average Bonchev–Trinajstić information content (AvgIpc) is 3.01. The fourth-order valence-electron chi connectivity index (χ4n) is 2.55. The highest BCUT2D eigenvalue weighted by Gasteiger charge is 2.12. The number of halogens is 2. The number of pyridine rings is 1. The molecule has 0 aliphatic carbocycles. The molecule has 0 saturated heterocycles. The van der Waals surface area contributed by atoms with Gasteiger partial charge in [-0.15, -0.1) is 0 Å².